The number of ether oxygens (including phenoxy) is 2. The molecule has 0 amide bonds. The lowest BCUT2D eigenvalue weighted by atomic mass is 10.0. The highest BCUT2D eigenvalue weighted by atomic mass is 16.5. The van der Waals surface area contributed by atoms with Gasteiger partial charge in [-0.05, 0) is 42.3 Å². The average molecular weight is 400 g/mol. The molecule has 3 aromatic carbocycles. The van der Waals surface area contributed by atoms with Gasteiger partial charge in [0.25, 0.3) is 0 Å². The zero-order chi connectivity index (χ0) is 20.9. The Labute approximate surface area is 175 Å². The summed E-state index contributed by atoms with van der Waals surface area (Å²) >= 11 is 0. The highest BCUT2D eigenvalue weighted by Gasteiger charge is 2.12. The maximum atomic E-state index is 11.4. The number of nitrogens with zero attached hydrogens (tertiary/aromatic N) is 2. The lowest BCUT2D eigenvalue weighted by Gasteiger charge is -2.11. The molecule has 5 nitrogen and oxygen atoms in total. The van der Waals surface area contributed by atoms with Crippen LogP contribution in [0.15, 0.2) is 72.8 Å². The van der Waals surface area contributed by atoms with Crippen molar-refractivity contribution in [2.24, 2.45) is 7.05 Å². The van der Waals surface area contributed by atoms with Gasteiger partial charge in [0.2, 0.25) is 0 Å². The van der Waals surface area contributed by atoms with Crippen molar-refractivity contribution in [2.45, 2.75) is 19.3 Å². The third kappa shape index (κ3) is 4.20. The van der Waals surface area contributed by atoms with E-state index in [1.165, 1.54) is 7.11 Å². The minimum absolute atomic E-state index is 0.189. The van der Waals surface area contributed by atoms with E-state index in [-0.39, 0.29) is 5.97 Å². The average Bonchev–Trinajstić information content (AvgIpc) is 3.09. The first-order chi connectivity index (χ1) is 14.7. The maximum Gasteiger partial charge on any atom is 0.305 e. The summed E-state index contributed by atoms with van der Waals surface area (Å²) in [5, 5.41) is 0. The molecule has 152 valence electrons. The minimum Gasteiger partial charge on any atom is -0.469 e. The topological polar surface area (TPSA) is 53.4 Å². The minimum atomic E-state index is -0.189. The zero-order valence-electron chi connectivity index (χ0n) is 17.2. The summed E-state index contributed by atoms with van der Waals surface area (Å²) in [6.45, 7) is 0. The van der Waals surface area contributed by atoms with Crippen LogP contribution < -0.4 is 4.74 Å². The van der Waals surface area contributed by atoms with Crippen LogP contribution in [0.1, 0.15) is 18.7 Å². The normalized spacial score (nSPS) is 10.9. The third-order valence-corrected chi connectivity index (χ3v) is 5.15. The van der Waals surface area contributed by atoms with Crippen molar-refractivity contribution in [3.8, 4) is 22.6 Å². The van der Waals surface area contributed by atoms with Crippen molar-refractivity contribution in [1.82, 2.24) is 9.55 Å². The van der Waals surface area contributed by atoms with Crippen molar-refractivity contribution in [3.63, 3.8) is 0 Å². The van der Waals surface area contributed by atoms with Gasteiger partial charge in [-0.1, -0.05) is 42.5 Å². The molecule has 0 saturated carbocycles. The zero-order valence-corrected chi connectivity index (χ0v) is 17.2. The molecule has 0 fully saturated rings. The number of imidazole rings is 1. The molecule has 0 bridgehead atoms. The summed E-state index contributed by atoms with van der Waals surface area (Å²) < 4.78 is 12.9. The van der Waals surface area contributed by atoms with E-state index in [2.05, 4.69) is 28.8 Å². The summed E-state index contributed by atoms with van der Waals surface area (Å²) in [4.78, 5) is 16.2. The SMILES string of the molecule is COC(=O)CCCc1nc2cc(-c3ccccc3Oc3ccccc3)ccc2n1C. The van der Waals surface area contributed by atoms with Crippen molar-refractivity contribution >= 4 is 17.0 Å². The van der Waals surface area contributed by atoms with Gasteiger partial charge in [-0.25, -0.2) is 4.98 Å². The van der Waals surface area contributed by atoms with E-state index in [4.69, 9.17) is 14.5 Å². The first-order valence-electron chi connectivity index (χ1n) is 10.00. The highest BCUT2D eigenvalue weighted by molar-refractivity contribution is 5.84. The van der Waals surface area contributed by atoms with Crippen LogP contribution in [0.5, 0.6) is 11.5 Å². The van der Waals surface area contributed by atoms with Crippen LogP contribution in [0, 0.1) is 0 Å². The Morgan fingerprint density at radius 2 is 1.77 bits per heavy atom. The Bertz CT molecular complexity index is 1170. The quantitative estimate of drug-likeness (QED) is 0.383. The van der Waals surface area contributed by atoms with Crippen molar-refractivity contribution in [1.29, 1.82) is 0 Å². The Morgan fingerprint density at radius 3 is 2.57 bits per heavy atom. The van der Waals surface area contributed by atoms with E-state index < -0.39 is 0 Å². The van der Waals surface area contributed by atoms with Gasteiger partial charge in [-0.2, -0.15) is 0 Å². The number of methoxy groups -OCH3 is 1. The van der Waals surface area contributed by atoms with Gasteiger partial charge in [0.15, 0.2) is 0 Å². The van der Waals surface area contributed by atoms with Crippen LogP contribution in [0.25, 0.3) is 22.2 Å². The number of rotatable bonds is 7. The number of aryl methyl sites for hydroxylation is 2. The molecule has 0 unspecified atom stereocenters. The van der Waals surface area contributed by atoms with Gasteiger partial charge in [0.1, 0.15) is 17.3 Å². The molecule has 0 spiro atoms. The molecule has 0 radical (unpaired) electrons. The van der Waals surface area contributed by atoms with Crippen LogP contribution in [0.4, 0.5) is 0 Å². The number of esters is 1. The molecule has 0 aliphatic rings. The molecule has 5 heteroatoms. The molecule has 0 N–H and O–H groups in total. The van der Waals surface area contributed by atoms with E-state index in [1.54, 1.807) is 0 Å². The monoisotopic (exact) mass is 400 g/mol. The highest BCUT2D eigenvalue weighted by Crippen LogP contribution is 2.34. The standard InChI is InChI=1S/C25H24N2O3/c1-27-22-16-15-18(17-21(22)26-24(27)13-8-14-25(28)29-2)20-11-6-7-12-23(20)30-19-9-4-3-5-10-19/h3-7,9-12,15-17H,8,13-14H2,1-2H3. The molecular weight excluding hydrogens is 376 g/mol. The van der Waals surface area contributed by atoms with Gasteiger partial charge in [-0.15, -0.1) is 0 Å². The molecule has 0 aliphatic carbocycles. The fraction of sp³-hybridized carbons (Fsp3) is 0.200. The van der Waals surface area contributed by atoms with Crippen molar-refractivity contribution in [3.05, 3.63) is 78.6 Å². The summed E-state index contributed by atoms with van der Waals surface area (Å²) in [5.74, 6) is 2.37. The Morgan fingerprint density at radius 1 is 1.00 bits per heavy atom. The van der Waals surface area contributed by atoms with Crippen LogP contribution in [-0.4, -0.2) is 22.6 Å². The van der Waals surface area contributed by atoms with Crippen LogP contribution >= 0.6 is 0 Å². The molecule has 30 heavy (non-hydrogen) atoms. The molecule has 4 rings (SSSR count). The number of aromatic nitrogens is 2. The lowest BCUT2D eigenvalue weighted by molar-refractivity contribution is -0.140. The van der Waals surface area contributed by atoms with Gasteiger partial charge in [-0.3, -0.25) is 4.79 Å². The number of hydrogen-bond donors (Lipinski definition) is 0. The van der Waals surface area contributed by atoms with E-state index in [9.17, 15) is 4.79 Å². The molecule has 1 heterocycles. The number of benzene rings is 3. The second kappa shape index (κ2) is 8.82. The Kier molecular flexibility index (Phi) is 5.80. The fourth-order valence-corrected chi connectivity index (χ4v) is 3.54. The second-order valence-electron chi connectivity index (χ2n) is 7.13. The predicted octanol–water partition coefficient (Wildman–Crippen LogP) is 5.53. The maximum absolute atomic E-state index is 11.4. The molecule has 0 atom stereocenters. The Balaban J connectivity index is 1.62. The largest absolute Gasteiger partial charge is 0.469 e. The fourth-order valence-electron chi connectivity index (χ4n) is 3.54. The van der Waals surface area contributed by atoms with E-state index in [1.807, 2.05) is 55.6 Å². The summed E-state index contributed by atoms with van der Waals surface area (Å²) in [6.07, 6.45) is 1.84. The molecule has 4 aromatic rings. The van der Waals surface area contributed by atoms with Gasteiger partial charge in [0.05, 0.1) is 18.1 Å². The summed E-state index contributed by atoms with van der Waals surface area (Å²) in [7, 11) is 3.42. The van der Waals surface area contributed by atoms with Gasteiger partial charge >= 0.3 is 5.97 Å². The van der Waals surface area contributed by atoms with Gasteiger partial charge in [0, 0.05) is 25.5 Å². The van der Waals surface area contributed by atoms with E-state index >= 15 is 0 Å². The lowest BCUT2D eigenvalue weighted by Crippen LogP contribution is -2.03. The first kappa shape index (κ1) is 19.7. The van der Waals surface area contributed by atoms with Crippen molar-refractivity contribution in [2.75, 3.05) is 7.11 Å². The van der Waals surface area contributed by atoms with Crippen LogP contribution in [0.3, 0.4) is 0 Å². The first-order valence-corrected chi connectivity index (χ1v) is 10.00. The number of fused-ring (bicyclic) bond motifs is 1. The van der Waals surface area contributed by atoms with Crippen LogP contribution in [0.2, 0.25) is 0 Å². The van der Waals surface area contributed by atoms with Gasteiger partial charge < -0.3 is 14.0 Å². The third-order valence-electron chi connectivity index (χ3n) is 5.15. The molecule has 0 aliphatic heterocycles. The number of para-hydroxylation sites is 2. The van der Waals surface area contributed by atoms with Crippen LogP contribution in [-0.2, 0) is 23.0 Å². The van der Waals surface area contributed by atoms with E-state index in [0.29, 0.717) is 12.8 Å². The summed E-state index contributed by atoms with van der Waals surface area (Å²) in [5.41, 5.74) is 4.06. The second-order valence-corrected chi connectivity index (χ2v) is 7.13. The number of carbonyl (C=O) groups excluding carboxylic acids is 1. The molecule has 1 aromatic heterocycles. The summed E-state index contributed by atoms with van der Waals surface area (Å²) in [6, 6.07) is 24.0. The van der Waals surface area contributed by atoms with Crippen molar-refractivity contribution < 1.29 is 14.3 Å². The smallest absolute Gasteiger partial charge is 0.305 e. The molecular formula is C25H24N2O3. The molecule has 0 saturated heterocycles. The Hall–Kier alpha value is -3.60. The number of hydrogen-bond acceptors (Lipinski definition) is 4. The van der Waals surface area contributed by atoms with E-state index in [0.717, 1.165) is 45.9 Å². The predicted molar refractivity (Wildman–Crippen MR) is 118 cm³/mol. The number of carbonyl (C=O) groups is 1.